The molecule has 2 aliphatic heterocycles. The molecule has 1 unspecified atom stereocenters. The van der Waals surface area contributed by atoms with E-state index in [0.717, 1.165) is 11.3 Å². The monoisotopic (exact) mass is 361 g/mol. The number of primary amides is 1. The van der Waals surface area contributed by atoms with Gasteiger partial charge in [0, 0.05) is 37.7 Å². The van der Waals surface area contributed by atoms with Crippen molar-refractivity contribution in [3.05, 3.63) is 17.5 Å². The van der Waals surface area contributed by atoms with Gasteiger partial charge in [-0.25, -0.2) is 14.8 Å². The molecule has 1 fully saturated rings. The van der Waals surface area contributed by atoms with Gasteiger partial charge in [-0.2, -0.15) is 0 Å². The average Bonchev–Trinajstić information content (AvgIpc) is 2.94. The second-order valence-corrected chi connectivity index (χ2v) is 7.60. The number of amides is 3. The van der Waals surface area contributed by atoms with Crippen molar-refractivity contribution >= 4 is 23.9 Å². The summed E-state index contributed by atoms with van der Waals surface area (Å²) >= 11 is 0. The lowest BCUT2D eigenvalue weighted by Crippen LogP contribution is -2.40. The lowest BCUT2D eigenvalue weighted by molar-refractivity contribution is -0.123. The zero-order valence-corrected chi connectivity index (χ0v) is 15.2. The maximum Gasteiger partial charge on any atom is 0.410 e. The third-order valence-corrected chi connectivity index (χ3v) is 4.34. The van der Waals surface area contributed by atoms with Crippen molar-refractivity contribution < 1.29 is 19.1 Å². The van der Waals surface area contributed by atoms with Crippen LogP contribution in [0, 0.1) is 5.92 Å². The van der Waals surface area contributed by atoms with E-state index in [1.54, 1.807) is 11.1 Å². The number of aromatic nitrogens is 2. The Morgan fingerprint density at radius 3 is 2.69 bits per heavy atom. The van der Waals surface area contributed by atoms with Crippen LogP contribution in [0.3, 0.4) is 0 Å². The van der Waals surface area contributed by atoms with Gasteiger partial charge in [0.05, 0.1) is 18.2 Å². The maximum atomic E-state index is 12.2. The molecule has 1 saturated heterocycles. The highest BCUT2D eigenvalue weighted by Crippen LogP contribution is 2.25. The molecule has 2 N–H and O–H groups in total. The largest absolute Gasteiger partial charge is 0.444 e. The second kappa shape index (κ2) is 6.54. The summed E-state index contributed by atoms with van der Waals surface area (Å²) in [6.45, 7) is 6.52. The third-order valence-electron chi connectivity index (χ3n) is 4.34. The first-order valence-electron chi connectivity index (χ1n) is 8.56. The molecule has 0 aromatic carbocycles. The number of nitrogens with zero attached hydrogens (tertiary/aromatic N) is 4. The fourth-order valence-corrected chi connectivity index (χ4v) is 3.01. The highest BCUT2D eigenvalue weighted by molar-refractivity contribution is 5.98. The molecule has 0 bridgehead atoms. The smallest absolute Gasteiger partial charge is 0.410 e. The van der Waals surface area contributed by atoms with Crippen LogP contribution in [-0.4, -0.2) is 51.5 Å². The maximum absolute atomic E-state index is 12.2. The highest BCUT2D eigenvalue weighted by Gasteiger charge is 2.36. The number of rotatable bonds is 2. The Morgan fingerprint density at radius 1 is 1.35 bits per heavy atom. The van der Waals surface area contributed by atoms with Crippen molar-refractivity contribution in [2.75, 3.05) is 18.0 Å². The molecule has 1 aromatic heterocycles. The Bertz CT molecular complexity index is 758. The van der Waals surface area contributed by atoms with E-state index in [0.29, 0.717) is 19.5 Å². The van der Waals surface area contributed by atoms with Gasteiger partial charge in [0.2, 0.25) is 17.8 Å². The molecule has 0 spiro atoms. The molecule has 1 atom stereocenters. The number of hydrogen-bond acceptors (Lipinski definition) is 6. The summed E-state index contributed by atoms with van der Waals surface area (Å²) in [5.41, 5.74) is 6.36. The van der Waals surface area contributed by atoms with Gasteiger partial charge in [-0.3, -0.25) is 14.5 Å². The van der Waals surface area contributed by atoms with Crippen LogP contribution < -0.4 is 10.6 Å². The molecule has 9 nitrogen and oxygen atoms in total. The van der Waals surface area contributed by atoms with Gasteiger partial charge in [0.25, 0.3) is 0 Å². The number of anilines is 1. The topological polar surface area (TPSA) is 119 Å². The molecule has 3 amide bonds. The van der Waals surface area contributed by atoms with Gasteiger partial charge < -0.3 is 15.4 Å². The van der Waals surface area contributed by atoms with Crippen LogP contribution in [0.5, 0.6) is 0 Å². The molecule has 140 valence electrons. The van der Waals surface area contributed by atoms with E-state index < -0.39 is 17.4 Å². The second-order valence-electron chi connectivity index (χ2n) is 7.60. The van der Waals surface area contributed by atoms with Crippen LogP contribution in [0.15, 0.2) is 6.20 Å². The summed E-state index contributed by atoms with van der Waals surface area (Å²) in [6, 6.07) is 0. The fourth-order valence-electron chi connectivity index (χ4n) is 3.01. The molecule has 1 aromatic rings. The Morgan fingerprint density at radius 2 is 2.08 bits per heavy atom. The first-order valence-corrected chi connectivity index (χ1v) is 8.56. The van der Waals surface area contributed by atoms with Gasteiger partial charge in [0.15, 0.2) is 0 Å². The van der Waals surface area contributed by atoms with Crippen molar-refractivity contribution in [1.82, 2.24) is 14.9 Å². The van der Waals surface area contributed by atoms with E-state index in [9.17, 15) is 14.4 Å². The van der Waals surface area contributed by atoms with Gasteiger partial charge in [-0.05, 0) is 20.8 Å². The first kappa shape index (κ1) is 18.1. The van der Waals surface area contributed by atoms with Crippen molar-refractivity contribution in [2.24, 2.45) is 11.7 Å². The molecule has 0 saturated carbocycles. The summed E-state index contributed by atoms with van der Waals surface area (Å²) < 4.78 is 5.40. The van der Waals surface area contributed by atoms with Gasteiger partial charge >= 0.3 is 6.09 Å². The molecule has 0 radical (unpaired) electrons. The van der Waals surface area contributed by atoms with E-state index in [1.807, 2.05) is 20.8 Å². The third kappa shape index (κ3) is 3.76. The molecule has 3 rings (SSSR count). The number of fused-ring (bicyclic) bond motifs is 1. The molecular weight excluding hydrogens is 338 g/mol. The number of carbonyl (C=O) groups excluding carboxylic acids is 3. The first-order chi connectivity index (χ1) is 12.1. The minimum absolute atomic E-state index is 0.0855. The van der Waals surface area contributed by atoms with Crippen LogP contribution in [0.25, 0.3) is 0 Å². The quantitative estimate of drug-likeness (QED) is 0.824. The van der Waals surface area contributed by atoms with E-state index in [-0.39, 0.29) is 30.9 Å². The Kier molecular flexibility index (Phi) is 4.55. The van der Waals surface area contributed by atoms with Crippen LogP contribution in [0.1, 0.15) is 38.4 Å². The standard InChI is InChI=1S/C17H23N5O4/c1-17(2,3)26-16(25)21-5-4-12-11(8-21)7-19-15(20-12)22-9-10(14(18)24)6-13(22)23/h7,10H,4-6,8-9H2,1-3H3,(H2,18,24). The fraction of sp³-hybridized carbons (Fsp3) is 0.588. The van der Waals surface area contributed by atoms with E-state index in [2.05, 4.69) is 9.97 Å². The van der Waals surface area contributed by atoms with Crippen molar-refractivity contribution in [1.29, 1.82) is 0 Å². The van der Waals surface area contributed by atoms with Gasteiger partial charge in [-0.15, -0.1) is 0 Å². The number of carbonyl (C=O) groups is 3. The molecule has 9 heteroatoms. The lowest BCUT2D eigenvalue weighted by Gasteiger charge is -2.31. The molecule has 26 heavy (non-hydrogen) atoms. The van der Waals surface area contributed by atoms with E-state index in [4.69, 9.17) is 10.5 Å². The zero-order chi connectivity index (χ0) is 19.1. The summed E-state index contributed by atoms with van der Waals surface area (Å²) in [4.78, 5) is 47.3. The predicted octanol–water partition coefficient (Wildman–Crippen LogP) is 0.608. The minimum atomic E-state index is -0.551. The van der Waals surface area contributed by atoms with Crippen molar-refractivity contribution in [3.8, 4) is 0 Å². The van der Waals surface area contributed by atoms with Crippen LogP contribution in [0.4, 0.5) is 10.7 Å². The molecule has 0 aliphatic carbocycles. The molecular formula is C17H23N5O4. The summed E-state index contributed by atoms with van der Waals surface area (Å²) in [6.07, 6.45) is 1.89. The average molecular weight is 361 g/mol. The van der Waals surface area contributed by atoms with E-state index in [1.165, 1.54) is 4.90 Å². The van der Waals surface area contributed by atoms with Gasteiger partial charge in [-0.1, -0.05) is 0 Å². The number of hydrogen-bond donors (Lipinski definition) is 1. The SMILES string of the molecule is CC(C)(C)OC(=O)N1CCc2nc(N3CC(C(N)=O)CC3=O)ncc2C1. The molecule has 2 aliphatic rings. The Labute approximate surface area is 151 Å². The van der Waals surface area contributed by atoms with Gasteiger partial charge in [0.1, 0.15) is 5.60 Å². The highest BCUT2D eigenvalue weighted by atomic mass is 16.6. The summed E-state index contributed by atoms with van der Waals surface area (Å²) in [5.74, 6) is -0.931. The predicted molar refractivity (Wildman–Crippen MR) is 92.0 cm³/mol. The van der Waals surface area contributed by atoms with Crippen LogP contribution in [0.2, 0.25) is 0 Å². The zero-order valence-electron chi connectivity index (χ0n) is 15.2. The number of ether oxygens (including phenoxy) is 1. The van der Waals surface area contributed by atoms with Crippen molar-refractivity contribution in [2.45, 2.75) is 45.8 Å². The lowest BCUT2D eigenvalue weighted by atomic mass is 10.1. The molecule has 3 heterocycles. The summed E-state index contributed by atoms with van der Waals surface area (Å²) in [5, 5.41) is 0. The Hall–Kier alpha value is -2.71. The minimum Gasteiger partial charge on any atom is -0.444 e. The Balaban J connectivity index is 1.72. The number of nitrogens with two attached hydrogens (primary N) is 1. The van der Waals surface area contributed by atoms with Crippen molar-refractivity contribution in [3.63, 3.8) is 0 Å². The van der Waals surface area contributed by atoms with E-state index >= 15 is 0 Å². The van der Waals surface area contributed by atoms with Crippen LogP contribution in [-0.2, 0) is 27.3 Å². The van der Waals surface area contributed by atoms with Crippen LogP contribution >= 0.6 is 0 Å². The summed E-state index contributed by atoms with van der Waals surface area (Å²) in [7, 11) is 0. The normalized spacial score (nSPS) is 20.1.